The van der Waals surface area contributed by atoms with E-state index in [-0.39, 0.29) is 4.90 Å². The second-order valence-electron chi connectivity index (χ2n) is 5.06. The molecule has 3 rings (SSSR count). The Hall–Kier alpha value is -1.85. The highest BCUT2D eigenvalue weighted by molar-refractivity contribution is 9.10. The van der Waals surface area contributed by atoms with Crippen molar-refractivity contribution in [3.05, 3.63) is 70.8 Å². The first-order valence-electron chi connectivity index (χ1n) is 6.69. The number of rotatable bonds is 3. The maximum atomic E-state index is 12.9. The van der Waals surface area contributed by atoms with Gasteiger partial charge < -0.3 is 0 Å². The molecule has 0 radical (unpaired) electrons. The van der Waals surface area contributed by atoms with Gasteiger partial charge in [0.1, 0.15) is 0 Å². The Morgan fingerprint density at radius 3 is 2.45 bits per heavy atom. The molecule has 0 aliphatic heterocycles. The molecule has 0 bridgehead atoms. The lowest BCUT2D eigenvalue weighted by Crippen LogP contribution is -2.11. The Bertz CT molecular complexity index is 970. The van der Waals surface area contributed by atoms with Gasteiger partial charge in [-0.3, -0.25) is 0 Å². The summed E-state index contributed by atoms with van der Waals surface area (Å²) in [6.07, 6.45) is 3.27. The molecule has 0 aliphatic rings. The Morgan fingerprint density at radius 1 is 1.14 bits per heavy atom. The van der Waals surface area contributed by atoms with Gasteiger partial charge in [0.25, 0.3) is 10.0 Å². The van der Waals surface area contributed by atoms with E-state index in [2.05, 4.69) is 22.5 Å². The number of nitrogens with zero attached hydrogens (tertiary/aromatic N) is 1. The lowest BCUT2D eigenvalue weighted by molar-refractivity contribution is 0.589. The third-order valence-electron chi connectivity index (χ3n) is 3.56. The lowest BCUT2D eigenvalue weighted by Gasteiger charge is -2.08. The molecular weight excluding hydrogens is 362 g/mol. The van der Waals surface area contributed by atoms with Crippen LogP contribution in [-0.4, -0.2) is 12.4 Å². The van der Waals surface area contributed by atoms with E-state index in [0.29, 0.717) is 5.52 Å². The summed E-state index contributed by atoms with van der Waals surface area (Å²) in [6.45, 7) is 5.69. The standard InChI is InChI=1S/C17H14BrNO2S/c1-3-13-11-19(17-9-6-14(18)10-16(13)17)22(20,21)15-7-4-12(2)5-8-15/h3-11H,1H2,2H3. The molecular formula is C17H14BrNO2S. The molecule has 1 heterocycles. The van der Waals surface area contributed by atoms with Crippen molar-refractivity contribution in [1.29, 1.82) is 0 Å². The van der Waals surface area contributed by atoms with E-state index >= 15 is 0 Å². The Labute approximate surface area is 138 Å². The Morgan fingerprint density at radius 2 is 1.82 bits per heavy atom. The van der Waals surface area contributed by atoms with Crippen LogP contribution >= 0.6 is 15.9 Å². The maximum Gasteiger partial charge on any atom is 0.268 e. The Kier molecular flexibility index (Phi) is 3.70. The fourth-order valence-corrected chi connectivity index (χ4v) is 4.12. The molecule has 5 heteroatoms. The zero-order chi connectivity index (χ0) is 15.9. The molecule has 0 amide bonds. The predicted octanol–water partition coefficient (Wildman–Crippen LogP) is 4.59. The SMILES string of the molecule is C=Cc1cn(S(=O)(=O)c2ccc(C)cc2)c2ccc(Br)cc12. The summed E-state index contributed by atoms with van der Waals surface area (Å²) in [5.41, 5.74) is 2.44. The van der Waals surface area contributed by atoms with Crippen molar-refractivity contribution in [1.82, 2.24) is 3.97 Å². The van der Waals surface area contributed by atoms with E-state index in [4.69, 9.17) is 0 Å². The van der Waals surface area contributed by atoms with Gasteiger partial charge in [-0.15, -0.1) is 0 Å². The van der Waals surface area contributed by atoms with Crippen LogP contribution in [0.15, 0.2) is 64.6 Å². The molecule has 0 saturated carbocycles. The summed E-state index contributed by atoms with van der Waals surface area (Å²) >= 11 is 3.42. The number of hydrogen-bond donors (Lipinski definition) is 0. The average Bonchev–Trinajstić information content (AvgIpc) is 2.86. The third kappa shape index (κ3) is 2.40. The van der Waals surface area contributed by atoms with Gasteiger partial charge in [-0.1, -0.05) is 46.3 Å². The summed E-state index contributed by atoms with van der Waals surface area (Å²) in [4.78, 5) is 0.272. The molecule has 0 aliphatic carbocycles. The zero-order valence-corrected chi connectivity index (χ0v) is 14.4. The highest BCUT2D eigenvalue weighted by Gasteiger charge is 2.20. The average molecular weight is 376 g/mol. The summed E-state index contributed by atoms with van der Waals surface area (Å²) in [7, 11) is -3.63. The van der Waals surface area contributed by atoms with E-state index in [1.54, 1.807) is 42.6 Å². The molecule has 0 saturated heterocycles. The van der Waals surface area contributed by atoms with Crippen molar-refractivity contribution < 1.29 is 8.42 Å². The van der Waals surface area contributed by atoms with Crippen LogP contribution in [0, 0.1) is 6.92 Å². The normalized spacial score (nSPS) is 11.7. The third-order valence-corrected chi connectivity index (χ3v) is 5.74. The first kappa shape index (κ1) is 15.1. The number of aromatic nitrogens is 1. The molecule has 0 unspecified atom stereocenters. The van der Waals surface area contributed by atoms with Crippen LogP contribution in [0.3, 0.4) is 0 Å². The fourth-order valence-electron chi connectivity index (χ4n) is 2.38. The van der Waals surface area contributed by atoms with Crippen LogP contribution in [0.1, 0.15) is 11.1 Å². The number of aryl methyl sites for hydroxylation is 1. The number of fused-ring (bicyclic) bond motifs is 1. The second kappa shape index (κ2) is 5.41. The van der Waals surface area contributed by atoms with Crippen LogP contribution < -0.4 is 0 Å². The van der Waals surface area contributed by atoms with E-state index in [1.807, 2.05) is 19.1 Å². The fraction of sp³-hybridized carbons (Fsp3) is 0.0588. The summed E-state index contributed by atoms with van der Waals surface area (Å²) < 4.78 is 28.0. The molecule has 3 nitrogen and oxygen atoms in total. The zero-order valence-electron chi connectivity index (χ0n) is 12.0. The van der Waals surface area contributed by atoms with E-state index in [0.717, 1.165) is 21.0 Å². The number of halogens is 1. The Balaban J connectivity index is 2.29. The molecule has 0 spiro atoms. The van der Waals surface area contributed by atoms with E-state index in [1.165, 1.54) is 3.97 Å². The van der Waals surface area contributed by atoms with Crippen molar-refractivity contribution in [2.24, 2.45) is 0 Å². The highest BCUT2D eigenvalue weighted by Crippen LogP contribution is 2.29. The molecule has 0 atom stereocenters. The quantitative estimate of drug-likeness (QED) is 0.671. The van der Waals surface area contributed by atoms with Crippen molar-refractivity contribution in [3.8, 4) is 0 Å². The first-order valence-corrected chi connectivity index (χ1v) is 8.92. The smallest absolute Gasteiger partial charge is 0.241 e. The van der Waals surface area contributed by atoms with Crippen LogP contribution in [0.5, 0.6) is 0 Å². The number of benzene rings is 2. The molecule has 22 heavy (non-hydrogen) atoms. The van der Waals surface area contributed by atoms with Crippen molar-refractivity contribution in [3.63, 3.8) is 0 Å². The van der Waals surface area contributed by atoms with Gasteiger partial charge in [-0.2, -0.15) is 0 Å². The van der Waals surface area contributed by atoms with Gasteiger partial charge in [-0.05, 0) is 37.3 Å². The van der Waals surface area contributed by atoms with Crippen LogP contribution in [0.2, 0.25) is 0 Å². The van der Waals surface area contributed by atoms with Gasteiger partial charge in [0, 0.05) is 21.6 Å². The van der Waals surface area contributed by atoms with Gasteiger partial charge in [-0.25, -0.2) is 12.4 Å². The lowest BCUT2D eigenvalue weighted by atomic mass is 10.2. The highest BCUT2D eigenvalue weighted by atomic mass is 79.9. The molecule has 1 aromatic heterocycles. The van der Waals surface area contributed by atoms with Gasteiger partial charge in [0.2, 0.25) is 0 Å². The van der Waals surface area contributed by atoms with E-state index < -0.39 is 10.0 Å². The minimum absolute atomic E-state index is 0.272. The van der Waals surface area contributed by atoms with Crippen LogP contribution in [-0.2, 0) is 10.0 Å². The molecule has 3 aromatic rings. The maximum absolute atomic E-state index is 12.9. The van der Waals surface area contributed by atoms with Gasteiger partial charge in [0.05, 0.1) is 10.4 Å². The summed E-state index contributed by atoms with van der Waals surface area (Å²) in [5.74, 6) is 0. The van der Waals surface area contributed by atoms with Crippen LogP contribution in [0.4, 0.5) is 0 Å². The molecule has 0 fully saturated rings. The van der Waals surface area contributed by atoms with Crippen molar-refractivity contribution in [2.45, 2.75) is 11.8 Å². The molecule has 112 valence electrons. The minimum Gasteiger partial charge on any atom is -0.241 e. The first-order chi connectivity index (χ1) is 10.4. The van der Waals surface area contributed by atoms with E-state index in [9.17, 15) is 8.42 Å². The number of hydrogen-bond acceptors (Lipinski definition) is 2. The monoisotopic (exact) mass is 375 g/mol. The van der Waals surface area contributed by atoms with Crippen molar-refractivity contribution >= 4 is 42.9 Å². The summed E-state index contributed by atoms with van der Waals surface area (Å²) in [6, 6.07) is 12.4. The predicted molar refractivity (Wildman–Crippen MR) is 93.5 cm³/mol. The summed E-state index contributed by atoms with van der Waals surface area (Å²) in [5, 5.41) is 0.847. The largest absolute Gasteiger partial charge is 0.268 e. The topological polar surface area (TPSA) is 39.1 Å². The van der Waals surface area contributed by atoms with Gasteiger partial charge >= 0.3 is 0 Å². The second-order valence-corrected chi connectivity index (χ2v) is 7.79. The van der Waals surface area contributed by atoms with Crippen molar-refractivity contribution in [2.75, 3.05) is 0 Å². The van der Waals surface area contributed by atoms with Crippen LogP contribution in [0.25, 0.3) is 17.0 Å². The molecule has 2 aromatic carbocycles. The van der Waals surface area contributed by atoms with Gasteiger partial charge in [0.15, 0.2) is 0 Å². The molecule has 0 N–H and O–H groups in total. The minimum atomic E-state index is -3.63.